The van der Waals surface area contributed by atoms with Crippen molar-refractivity contribution in [1.82, 2.24) is 9.97 Å². The molecule has 1 aromatic heterocycles. The van der Waals surface area contributed by atoms with Crippen LogP contribution in [-0.4, -0.2) is 35.4 Å². The summed E-state index contributed by atoms with van der Waals surface area (Å²) in [5.41, 5.74) is -2.23. The molecule has 0 atom stereocenters. The molecule has 0 bridgehead atoms. The standard InChI is InChI=1S/C9H9F5N2O2S/c10-6(11)4-18-1-2-19-8-15-5(9(12,13)14)3-7(17)16-8/h3,6H,1-2,4H2,(H,15,16,17). The van der Waals surface area contributed by atoms with Crippen molar-refractivity contribution < 1.29 is 26.7 Å². The molecule has 0 aliphatic carbocycles. The van der Waals surface area contributed by atoms with E-state index in [1.54, 1.807) is 0 Å². The lowest BCUT2D eigenvalue weighted by Gasteiger charge is -2.07. The van der Waals surface area contributed by atoms with Crippen molar-refractivity contribution >= 4 is 11.8 Å². The Bertz CT molecular complexity index is 463. The Labute approximate surface area is 108 Å². The van der Waals surface area contributed by atoms with E-state index < -0.39 is 30.5 Å². The van der Waals surface area contributed by atoms with Crippen LogP contribution in [0.2, 0.25) is 0 Å². The maximum atomic E-state index is 12.3. The zero-order valence-corrected chi connectivity index (χ0v) is 10.2. The summed E-state index contributed by atoms with van der Waals surface area (Å²) in [5, 5.41) is -0.236. The first kappa shape index (κ1) is 15.9. The van der Waals surface area contributed by atoms with E-state index in [1.165, 1.54) is 0 Å². The lowest BCUT2D eigenvalue weighted by molar-refractivity contribution is -0.141. The van der Waals surface area contributed by atoms with Crippen LogP contribution >= 0.6 is 11.8 Å². The van der Waals surface area contributed by atoms with Gasteiger partial charge in [0.05, 0.1) is 6.61 Å². The van der Waals surface area contributed by atoms with Gasteiger partial charge in [-0.15, -0.1) is 0 Å². The number of halogens is 5. The highest BCUT2D eigenvalue weighted by Crippen LogP contribution is 2.27. The van der Waals surface area contributed by atoms with Gasteiger partial charge >= 0.3 is 6.18 Å². The van der Waals surface area contributed by atoms with Gasteiger partial charge in [0.15, 0.2) is 10.9 Å². The van der Waals surface area contributed by atoms with Gasteiger partial charge in [-0.2, -0.15) is 13.2 Å². The third-order valence-corrected chi connectivity index (χ3v) is 2.56. The number of nitrogens with zero attached hydrogens (tertiary/aromatic N) is 1. The number of thioether (sulfide) groups is 1. The molecule has 1 aromatic rings. The molecule has 0 unspecified atom stereocenters. The van der Waals surface area contributed by atoms with Crippen molar-refractivity contribution in [3.8, 4) is 0 Å². The Morgan fingerprint density at radius 3 is 2.68 bits per heavy atom. The van der Waals surface area contributed by atoms with Crippen molar-refractivity contribution in [1.29, 1.82) is 0 Å². The van der Waals surface area contributed by atoms with E-state index in [0.717, 1.165) is 11.8 Å². The summed E-state index contributed by atoms with van der Waals surface area (Å²) in [6.07, 6.45) is -7.31. The average Bonchev–Trinajstić information content (AvgIpc) is 2.26. The lowest BCUT2D eigenvalue weighted by Crippen LogP contribution is -2.17. The molecule has 0 saturated carbocycles. The molecule has 4 nitrogen and oxygen atoms in total. The van der Waals surface area contributed by atoms with Crippen LogP contribution in [0.15, 0.2) is 16.0 Å². The van der Waals surface area contributed by atoms with Crippen LogP contribution in [0, 0.1) is 0 Å². The zero-order valence-electron chi connectivity index (χ0n) is 9.34. The second-order valence-corrected chi connectivity index (χ2v) is 4.33. The van der Waals surface area contributed by atoms with E-state index in [4.69, 9.17) is 0 Å². The summed E-state index contributed by atoms with van der Waals surface area (Å²) < 4.78 is 65.0. The molecule has 0 aromatic carbocycles. The monoisotopic (exact) mass is 304 g/mol. The van der Waals surface area contributed by atoms with Gasteiger partial charge in [0.1, 0.15) is 6.61 Å². The Morgan fingerprint density at radius 2 is 2.11 bits per heavy atom. The molecule has 0 amide bonds. The Morgan fingerprint density at radius 1 is 1.42 bits per heavy atom. The van der Waals surface area contributed by atoms with E-state index in [9.17, 15) is 26.7 Å². The highest BCUT2D eigenvalue weighted by Gasteiger charge is 2.33. The number of aromatic amines is 1. The van der Waals surface area contributed by atoms with Gasteiger partial charge in [-0.05, 0) is 0 Å². The molecule has 1 heterocycles. The predicted octanol–water partition coefficient (Wildman–Crippen LogP) is 2.16. The molecular weight excluding hydrogens is 295 g/mol. The van der Waals surface area contributed by atoms with Crippen molar-refractivity contribution in [2.24, 2.45) is 0 Å². The van der Waals surface area contributed by atoms with E-state index in [1.807, 2.05) is 0 Å². The van der Waals surface area contributed by atoms with Gasteiger partial charge in [-0.25, -0.2) is 13.8 Å². The highest BCUT2D eigenvalue weighted by molar-refractivity contribution is 7.99. The van der Waals surface area contributed by atoms with E-state index in [2.05, 4.69) is 14.7 Å². The fraction of sp³-hybridized carbons (Fsp3) is 0.556. The molecular formula is C9H9F5N2O2S. The first-order valence-electron chi connectivity index (χ1n) is 4.96. The second-order valence-electron chi connectivity index (χ2n) is 3.25. The molecule has 0 radical (unpaired) electrons. The average molecular weight is 304 g/mol. The van der Waals surface area contributed by atoms with Gasteiger partial charge in [0, 0.05) is 11.8 Å². The van der Waals surface area contributed by atoms with Gasteiger partial charge in [0.2, 0.25) is 0 Å². The summed E-state index contributed by atoms with van der Waals surface area (Å²) in [5.74, 6) is 0.0942. The number of aromatic nitrogens is 2. The van der Waals surface area contributed by atoms with Crippen LogP contribution in [0.3, 0.4) is 0 Å². The van der Waals surface area contributed by atoms with Crippen molar-refractivity contribution in [3.63, 3.8) is 0 Å². The van der Waals surface area contributed by atoms with Crippen LogP contribution in [0.1, 0.15) is 5.69 Å². The van der Waals surface area contributed by atoms with Gasteiger partial charge in [-0.3, -0.25) is 4.79 Å². The van der Waals surface area contributed by atoms with E-state index >= 15 is 0 Å². The molecule has 19 heavy (non-hydrogen) atoms. The minimum atomic E-state index is -4.71. The molecule has 0 fully saturated rings. The second kappa shape index (κ2) is 6.85. The fourth-order valence-corrected chi connectivity index (χ4v) is 1.75. The molecule has 1 rings (SSSR count). The lowest BCUT2D eigenvalue weighted by atomic mass is 10.4. The van der Waals surface area contributed by atoms with E-state index in [-0.39, 0.29) is 17.5 Å². The Kier molecular flexibility index (Phi) is 5.73. The SMILES string of the molecule is O=c1cc(C(F)(F)F)nc(SCCOCC(F)F)[nH]1. The highest BCUT2D eigenvalue weighted by atomic mass is 32.2. The van der Waals surface area contributed by atoms with Crippen LogP contribution < -0.4 is 5.56 Å². The van der Waals surface area contributed by atoms with E-state index in [0.29, 0.717) is 6.07 Å². The molecule has 10 heteroatoms. The topological polar surface area (TPSA) is 55.0 Å². The first-order chi connectivity index (χ1) is 8.79. The quantitative estimate of drug-likeness (QED) is 0.379. The van der Waals surface area contributed by atoms with Crippen LogP contribution in [0.5, 0.6) is 0 Å². The number of nitrogens with one attached hydrogen (secondary N) is 1. The van der Waals surface area contributed by atoms with Crippen molar-refractivity contribution in [2.75, 3.05) is 19.0 Å². The number of hydrogen-bond acceptors (Lipinski definition) is 4. The largest absolute Gasteiger partial charge is 0.433 e. The molecule has 0 aliphatic heterocycles. The minimum absolute atomic E-state index is 0.0883. The fourth-order valence-electron chi connectivity index (χ4n) is 1.02. The Hall–Kier alpha value is -1.16. The normalized spacial score (nSPS) is 12.1. The third-order valence-electron chi connectivity index (χ3n) is 1.72. The summed E-state index contributed by atoms with van der Waals surface area (Å²) in [6, 6.07) is 0.345. The van der Waals surface area contributed by atoms with Gasteiger partial charge in [-0.1, -0.05) is 11.8 Å². The maximum Gasteiger partial charge on any atom is 0.433 e. The summed E-state index contributed by atoms with van der Waals surface area (Å²) >= 11 is 0.780. The van der Waals surface area contributed by atoms with Crippen LogP contribution in [0.4, 0.5) is 22.0 Å². The third kappa shape index (κ3) is 6.01. The number of ether oxygens (including phenoxy) is 1. The number of H-pyrrole nitrogens is 1. The summed E-state index contributed by atoms with van der Waals surface area (Å²) in [6.45, 7) is -0.831. The van der Waals surface area contributed by atoms with Gasteiger partial charge in [0.25, 0.3) is 12.0 Å². The molecule has 0 saturated heterocycles. The predicted molar refractivity (Wildman–Crippen MR) is 57.4 cm³/mol. The molecule has 1 N–H and O–H groups in total. The minimum Gasteiger partial charge on any atom is -0.375 e. The Balaban J connectivity index is 2.55. The van der Waals surface area contributed by atoms with Crippen LogP contribution in [-0.2, 0) is 10.9 Å². The number of rotatable bonds is 6. The number of hydrogen-bond donors (Lipinski definition) is 1. The zero-order chi connectivity index (χ0) is 14.5. The molecule has 0 aliphatic rings. The molecule has 108 valence electrons. The first-order valence-corrected chi connectivity index (χ1v) is 5.95. The van der Waals surface area contributed by atoms with Crippen LogP contribution in [0.25, 0.3) is 0 Å². The van der Waals surface area contributed by atoms with Crippen molar-refractivity contribution in [2.45, 2.75) is 17.8 Å². The summed E-state index contributed by atoms with van der Waals surface area (Å²) in [7, 11) is 0. The van der Waals surface area contributed by atoms with Gasteiger partial charge < -0.3 is 9.72 Å². The number of alkyl halides is 5. The summed E-state index contributed by atoms with van der Waals surface area (Å²) in [4.78, 5) is 16.3. The van der Waals surface area contributed by atoms with Crippen molar-refractivity contribution in [3.05, 3.63) is 22.1 Å². The molecule has 0 spiro atoms. The smallest absolute Gasteiger partial charge is 0.375 e. The maximum absolute atomic E-state index is 12.3.